The maximum Gasteiger partial charge on any atom is 0.238 e. The molecule has 0 bridgehead atoms. The number of hydrogen-bond acceptors (Lipinski definition) is 4. The van der Waals surface area contributed by atoms with Gasteiger partial charge in [-0.25, -0.2) is 4.39 Å². The van der Waals surface area contributed by atoms with Gasteiger partial charge in [0.15, 0.2) is 0 Å². The second-order valence-electron chi connectivity index (χ2n) is 4.54. The Hall–Kier alpha value is -1.92. The fraction of sp³-hybridized carbons (Fsp3) is 0.214. The van der Waals surface area contributed by atoms with Crippen LogP contribution in [-0.4, -0.2) is 24.4 Å². The molecule has 1 aromatic carbocycles. The van der Waals surface area contributed by atoms with Crippen LogP contribution in [0.2, 0.25) is 0 Å². The van der Waals surface area contributed by atoms with Crippen LogP contribution in [0.1, 0.15) is 4.88 Å². The van der Waals surface area contributed by atoms with Gasteiger partial charge in [-0.3, -0.25) is 9.69 Å². The van der Waals surface area contributed by atoms with Crippen LogP contribution in [0.4, 0.5) is 15.8 Å². The number of benzene rings is 1. The highest BCUT2D eigenvalue weighted by atomic mass is 32.1. The van der Waals surface area contributed by atoms with E-state index in [0.29, 0.717) is 12.2 Å². The first kappa shape index (κ1) is 14.5. The molecule has 1 aromatic heterocycles. The largest absolute Gasteiger partial charge is 0.399 e. The van der Waals surface area contributed by atoms with Gasteiger partial charge in [-0.1, -0.05) is 6.07 Å². The summed E-state index contributed by atoms with van der Waals surface area (Å²) in [6.07, 6.45) is 0. The lowest BCUT2D eigenvalue weighted by Gasteiger charge is -2.15. The van der Waals surface area contributed by atoms with Gasteiger partial charge in [0.25, 0.3) is 0 Å². The molecule has 0 aliphatic heterocycles. The van der Waals surface area contributed by atoms with E-state index in [1.54, 1.807) is 11.3 Å². The van der Waals surface area contributed by atoms with Gasteiger partial charge >= 0.3 is 0 Å². The second-order valence-corrected chi connectivity index (χ2v) is 5.57. The van der Waals surface area contributed by atoms with Gasteiger partial charge < -0.3 is 11.1 Å². The minimum Gasteiger partial charge on any atom is -0.399 e. The summed E-state index contributed by atoms with van der Waals surface area (Å²) in [4.78, 5) is 14.9. The number of likely N-dealkylation sites (N-methyl/N-ethyl adjacent to an activating group) is 1. The minimum atomic E-state index is -0.492. The highest BCUT2D eigenvalue weighted by molar-refractivity contribution is 7.09. The predicted molar refractivity (Wildman–Crippen MR) is 80.1 cm³/mol. The Kier molecular flexibility index (Phi) is 4.70. The van der Waals surface area contributed by atoms with Crippen molar-refractivity contribution in [2.75, 3.05) is 24.6 Å². The standard InChI is InChI=1S/C14H16FN3OS/c1-18(8-11-3-2-6-20-11)9-14(19)17-13-7-10(16)4-5-12(13)15/h2-7H,8-9,16H2,1H3,(H,17,19). The van der Waals surface area contributed by atoms with Crippen molar-refractivity contribution < 1.29 is 9.18 Å². The SMILES string of the molecule is CN(CC(=O)Nc1cc(N)ccc1F)Cc1cccs1. The summed E-state index contributed by atoms with van der Waals surface area (Å²) >= 11 is 1.64. The van der Waals surface area contributed by atoms with Gasteiger partial charge in [0.05, 0.1) is 12.2 Å². The Morgan fingerprint density at radius 1 is 1.45 bits per heavy atom. The molecule has 20 heavy (non-hydrogen) atoms. The Balaban J connectivity index is 1.90. The molecule has 2 rings (SSSR count). The van der Waals surface area contributed by atoms with Crippen LogP contribution in [0.5, 0.6) is 0 Å². The normalized spacial score (nSPS) is 10.8. The quantitative estimate of drug-likeness (QED) is 0.833. The number of anilines is 2. The van der Waals surface area contributed by atoms with Gasteiger partial charge in [-0.15, -0.1) is 11.3 Å². The molecule has 0 aliphatic carbocycles. The lowest BCUT2D eigenvalue weighted by Crippen LogP contribution is -2.29. The Morgan fingerprint density at radius 3 is 2.95 bits per heavy atom. The molecule has 1 heterocycles. The molecule has 0 atom stereocenters. The van der Waals surface area contributed by atoms with Crippen LogP contribution in [0.25, 0.3) is 0 Å². The van der Waals surface area contributed by atoms with E-state index in [-0.39, 0.29) is 18.1 Å². The Bertz CT molecular complexity index is 586. The van der Waals surface area contributed by atoms with E-state index in [1.165, 1.54) is 23.1 Å². The topological polar surface area (TPSA) is 58.4 Å². The number of hydrogen-bond donors (Lipinski definition) is 2. The number of nitrogen functional groups attached to an aromatic ring is 1. The average molecular weight is 293 g/mol. The van der Waals surface area contributed by atoms with Gasteiger partial charge in [0, 0.05) is 17.1 Å². The van der Waals surface area contributed by atoms with E-state index >= 15 is 0 Å². The van der Waals surface area contributed by atoms with Gasteiger partial charge in [0.1, 0.15) is 5.82 Å². The van der Waals surface area contributed by atoms with Crippen LogP contribution >= 0.6 is 11.3 Å². The molecule has 0 radical (unpaired) electrons. The molecule has 1 amide bonds. The Labute approximate surface area is 121 Å². The van der Waals surface area contributed by atoms with Crippen LogP contribution in [0.15, 0.2) is 35.7 Å². The number of halogens is 1. The summed E-state index contributed by atoms with van der Waals surface area (Å²) in [5.41, 5.74) is 6.09. The molecular formula is C14H16FN3OS. The van der Waals surface area contributed by atoms with Crippen molar-refractivity contribution >= 4 is 28.6 Å². The zero-order chi connectivity index (χ0) is 14.5. The van der Waals surface area contributed by atoms with E-state index in [2.05, 4.69) is 5.32 Å². The minimum absolute atomic E-state index is 0.111. The third-order valence-electron chi connectivity index (χ3n) is 2.68. The zero-order valence-electron chi connectivity index (χ0n) is 11.1. The first-order valence-corrected chi connectivity index (χ1v) is 6.98. The molecule has 3 N–H and O–H groups in total. The molecule has 0 aliphatic rings. The van der Waals surface area contributed by atoms with Crippen molar-refractivity contribution in [2.45, 2.75) is 6.54 Å². The predicted octanol–water partition coefficient (Wildman–Crippen LogP) is 2.54. The summed E-state index contributed by atoms with van der Waals surface area (Å²) in [6, 6.07) is 8.08. The summed E-state index contributed by atoms with van der Waals surface area (Å²) in [5.74, 6) is -0.762. The molecule has 2 aromatic rings. The Morgan fingerprint density at radius 2 is 2.25 bits per heavy atom. The van der Waals surface area contributed by atoms with Crippen LogP contribution in [0, 0.1) is 5.82 Å². The van der Waals surface area contributed by atoms with Gasteiger partial charge in [-0.05, 0) is 36.7 Å². The third-order valence-corrected chi connectivity index (χ3v) is 3.55. The van der Waals surface area contributed by atoms with Gasteiger partial charge in [0.2, 0.25) is 5.91 Å². The maximum absolute atomic E-state index is 13.5. The molecule has 0 fully saturated rings. The number of nitrogens with two attached hydrogens (primary N) is 1. The fourth-order valence-electron chi connectivity index (χ4n) is 1.80. The van der Waals surface area contributed by atoms with E-state index in [0.717, 1.165) is 0 Å². The number of carbonyl (C=O) groups excluding carboxylic acids is 1. The molecule has 106 valence electrons. The first-order valence-electron chi connectivity index (χ1n) is 6.10. The average Bonchev–Trinajstić information content (AvgIpc) is 2.86. The van der Waals surface area contributed by atoms with Crippen molar-refractivity contribution in [3.05, 3.63) is 46.4 Å². The first-order chi connectivity index (χ1) is 9.54. The van der Waals surface area contributed by atoms with E-state index < -0.39 is 5.82 Å². The smallest absolute Gasteiger partial charge is 0.238 e. The van der Waals surface area contributed by atoms with Crippen LogP contribution < -0.4 is 11.1 Å². The van der Waals surface area contributed by atoms with Crippen molar-refractivity contribution in [1.29, 1.82) is 0 Å². The monoisotopic (exact) mass is 293 g/mol. The number of nitrogens with one attached hydrogen (secondary N) is 1. The summed E-state index contributed by atoms with van der Waals surface area (Å²) in [5, 5.41) is 4.52. The number of amides is 1. The summed E-state index contributed by atoms with van der Waals surface area (Å²) in [6.45, 7) is 0.872. The van der Waals surface area contributed by atoms with Crippen molar-refractivity contribution in [2.24, 2.45) is 0 Å². The van der Waals surface area contributed by atoms with E-state index in [9.17, 15) is 9.18 Å². The number of thiophene rings is 1. The molecular weight excluding hydrogens is 277 g/mol. The highest BCUT2D eigenvalue weighted by Gasteiger charge is 2.10. The van der Waals surface area contributed by atoms with Crippen LogP contribution in [-0.2, 0) is 11.3 Å². The molecule has 0 spiro atoms. The molecule has 0 unspecified atom stereocenters. The third kappa shape index (κ3) is 4.04. The number of carbonyl (C=O) groups is 1. The van der Waals surface area contributed by atoms with Crippen molar-refractivity contribution in [3.63, 3.8) is 0 Å². The van der Waals surface area contributed by atoms with Crippen molar-refractivity contribution in [3.8, 4) is 0 Å². The second kappa shape index (κ2) is 6.49. The summed E-state index contributed by atoms with van der Waals surface area (Å²) < 4.78 is 13.5. The van der Waals surface area contributed by atoms with E-state index in [4.69, 9.17) is 5.73 Å². The number of rotatable bonds is 5. The number of nitrogens with zero attached hydrogens (tertiary/aromatic N) is 1. The van der Waals surface area contributed by atoms with E-state index in [1.807, 2.05) is 29.5 Å². The molecule has 0 saturated heterocycles. The van der Waals surface area contributed by atoms with Crippen molar-refractivity contribution in [1.82, 2.24) is 4.90 Å². The highest BCUT2D eigenvalue weighted by Crippen LogP contribution is 2.17. The summed E-state index contributed by atoms with van der Waals surface area (Å²) in [7, 11) is 1.84. The lowest BCUT2D eigenvalue weighted by atomic mass is 10.2. The molecule has 0 saturated carbocycles. The lowest BCUT2D eigenvalue weighted by molar-refractivity contribution is -0.117. The van der Waals surface area contributed by atoms with Gasteiger partial charge in [-0.2, -0.15) is 0 Å². The fourth-order valence-corrected chi connectivity index (χ4v) is 2.58. The van der Waals surface area contributed by atoms with Crippen LogP contribution in [0.3, 0.4) is 0 Å². The molecule has 4 nitrogen and oxygen atoms in total. The maximum atomic E-state index is 13.5. The zero-order valence-corrected chi connectivity index (χ0v) is 11.9. The molecule has 6 heteroatoms.